The zero-order valence-electron chi connectivity index (χ0n) is 16.9. The topological polar surface area (TPSA) is 38.8 Å². The number of hydrogen-bond donors (Lipinski definition) is 1. The van der Waals surface area contributed by atoms with Crippen LogP contribution in [0.3, 0.4) is 0 Å². The monoisotopic (exact) mass is 392 g/mol. The zero-order valence-corrected chi connectivity index (χ0v) is 17.6. The lowest BCUT2D eigenvalue weighted by Crippen LogP contribution is -2.55. The van der Waals surface area contributed by atoms with Crippen molar-refractivity contribution in [2.75, 3.05) is 50.7 Å². The van der Waals surface area contributed by atoms with E-state index in [-0.39, 0.29) is 6.03 Å². The standard InChI is InChI=1S/C21H33ClN4O/c1-16(2)15-24-8-6-19(7-9-24)23-21(27)26-12-10-25(11-13-26)20-14-18(22)5-4-17(20)3/h4-5,14,16,19H,6-13,15H2,1-3H3,(H,23,27). The van der Waals surface area contributed by atoms with Crippen molar-refractivity contribution in [2.45, 2.75) is 39.7 Å². The summed E-state index contributed by atoms with van der Waals surface area (Å²) in [7, 11) is 0. The summed E-state index contributed by atoms with van der Waals surface area (Å²) in [5, 5.41) is 4.02. The molecule has 0 saturated carbocycles. The number of hydrogen-bond acceptors (Lipinski definition) is 3. The minimum absolute atomic E-state index is 0.0970. The van der Waals surface area contributed by atoms with Crippen molar-refractivity contribution in [2.24, 2.45) is 5.92 Å². The van der Waals surface area contributed by atoms with Crippen LogP contribution in [-0.2, 0) is 0 Å². The first-order valence-corrected chi connectivity index (χ1v) is 10.6. The molecule has 2 amide bonds. The van der Waals surface area contributed by atoms with E-state index in [2.05, 4.69) is 42.0 Å². The Hall–Kier alpha value is -1.46. The van der Waals surface area contributed by atoms with E-state index in [0.29, 0.717) is 12.0 Å². The maximum atomic E-state index is 12.7. The molecule has 1 aromatic rings. The molecule has 2 saturated heterocycles. The molecule has 1 N–H and O–H groups in total. The van der Waals surface area contributed by atoms with Crippen LogP contribution in [0.2, 0.25) is 5.02 Å². The van der Waals surface area contributed by atoms with Gasteiger partial charge in [-0.05, 0) is 43.4 Å². The summed E-state index contributed by atoms with van der Waals surface area (Å²) in [6, 6.07) is 6.42. The number of nitrogens with zero attached hydrogens (tertiary/aromatic N) is 3. The number of carbonyl (C=O) groups is 1. The molecule has 0 spiro atoms. The highest BCUT2D eigenvalue weighted by molar-refractivity contribution is 6.30. The Morgan fingerprint density at radius 3 is 2.44 bits per heavy atom. The van der Waals surface area contributed by atoms with Gasteiger partial charge in [-0.2, -0.15) is 0 Å². The van der Waals surface area contributed by atoms with E-state index < -0.39 is 0 Å². The number of halogens is 1. The van der Waals surface area contributed by atoms with Gasteiger partial charge in [-0.3, -0.25) is 0 Å². The molecule has 5 nitrogen and oxygen atoms in total. The van der Waals surface area contributed by atoms with Gasteiger partial charge in [0, 0.05) is 62.6 Å². The first kappa shape index (κ1) is 20.3. The van der Waals surface area contributed by atoms with Crippen molar-refractivity contribution >= 4 is 23.3 Å². The average molecular weight is 393 g/mol. The summed E-state index contributed by atoms with van der Waals surface area (Å²) in [4.78, 5) is 19.4. The SMILES string of the molecule is Cc1ccc(Cl)cc1N1CCN(C(=O)NC2CCN(CC(C)C)CC2)CC1. The van der Waals surface area contributed by atoms with Gasteiger partial charge in [0.05, 0.1) is 0 Å². The minimum Gasteiger partial charge on any atom is -0.368 e. The van der Waals surface area contributed by atoms with Crippen LogP contribution in [0.5, 0.6) is 0 Å². The van der Waals surface area contributed by atoms with E-state index >= 15 is 0 Å². The third-order valence-corrected chi connectivity index (χ3v) is 5.85. The van der Waals surface area contributed by atoms with Gasteiger partial charge < -0.3 is 20.0 Å². The molecule has 2 aliphatic heterocycles. The second kappa shape index (κ2) is 9.16. The molecular weight excluding hydrogens is 360 g/mol. The number of carbonyl (C=O) groups excluding carboxylic acids is 1. The van der Waals surface area contributed by atoms with Gasteiger partial charge in [-0.15, -0.1) is 0 Å². The van der Waals surface area contributed by atoms with Crippen LogP contribution in [0.25, 0.3) is 0 Å². The van der Waals surface area contributed by atoms with Gasteiger partial charge in [0.2, 0.25) is 0 Å². The number of amides is 2. The maximum absolute atomic E-state index is 12.7. The lowest BCUT2D eigenvalue weighted by atomic mass is 10.0. The van der Waals surface area contributed by atoms with Crippen molar-refractivity contribution < 1.29 is 4.79 Å². The Morgan fingerprint density at radius 2 is 1.81 bits per heavy atom. The van der Waals surface area contributed by atoms with Gasteiger partial charge in [0.1, 0.15) is 0 Å². The summed E-state index contributed by atoms with van der Waals surface area (Å²) in [5.41, 5.74) is 2.41. The number of urea groups is 1. The van der Waals surface area contributed by atoms with Gasteiger partial charge >= 0.3 is 6.03 Å². The molecule has 0 bridgehead atoms. The molecular formula is C21H33ClN4O. The Balaban J connectivity index is 1.44. The molecule has 150 valence electrons. The molecule has 2 heterocycles. The summed E-state index contributed by atoms with van der Waals surface area (Å²) in [6.07, 6.45) is 2.11. The lowest BCUT2D eigenvalue weighted by Gasteiger charge is -2.38. The highest BCUT2D eigenvalue weighted by atomic mass is 35.5. The fourth-order valence-electron chi connectivity index (χ4n) is 4.12. The molecule has 6 heteroatoms. The van der Waals surface area contributed by atoms with E-state index in [9.17, 15) is 4.79 Å². The third-order valence-electron chi connectivity index (χ3n) is 5.62. The molecule has 0 aliphatic carbocycles. The molecule has 1 aromatic carbocycles. The van der Waals surface area contributed by atoms with E-state index in [0.717, 1.165) is 63.7 Å². The smallest absolute Gasteiger partial charge is 0.317 e. The predicted octanol–water partition coefficient (Wildman–Crippen LogP) is 3.60. The quantitative estimate of drug-likeness (QED) is 0.850. The van der Waals surface area contributed by atoms with Crippen LogP contribution in [0.15, 0.2) is 18.2 Å². The fraction of sp³-hybridized carbons (Fsp3) is 0.667. The second-order valence-electron chi connectivity index (χ2n) is 8.32. The van der Waals surface area contributed by atoms with Crippen molar-refractivity contribution in [3.8, 4) is 0 Å². The van der Waals surface area contributed by atoms with Crippen molar-refractivity contribution in [1.29, 1.82) is 0 Å². The van der Waals surface area contributed by atoms with Crippen LogP contribution in [0.4, 0.5) is 10.5 Å². The number of piperidine rings is 1. The number of rotatable bonds is 4. The molecule has 27 heavy (non-hydrogen) atoms. The highest BCUT2D eigenvalue weighted by Gasteiger charge is 2.26. The van der Waals surface area contributed by atoms with Crippen LogP contribution in [0, 0.1) is 12.8 Å². The van der Waals surface area contributed by atoms with E-state index in [1.807, 2.05) is 17.0 Å². The summed E-state index contributed by atoms with van der Waals surface area (Å²) in [6.45, 7) is 13.2. The molecule has 2 fully saturated rings. The highest BCUT2D eigenvalue weighted by Crippen LogP contribution is 2.25. The van der Waals surface area contributed by atoms with Crippen molar-refractivity contribution in [3.05, 3.63) is 28.8 Å². The number of benzene rings is 1. The largest absolute Gasteiger partial charge is 0.368 e. The fourth-order valence-corrected chi connectivity index (χ4v) is 4.28. The third kappa shape index (κ3) is 5.52. The Morgan fingerprint density at radius 1 is 1.15 bits per heavy atom. The van der Waals surface area contributed by atoms with Crippen molar-refractivity contribution in [1.82, 2.24) is 15.1 Å². The number of piperazine rings is 1. The predicted molar refractivity (Wildman–Crippen MR) is 113 cm³/mol. The molecule has 0 atom stereocenters. The Labute approximate surface area is 168 Å². The van der Waals surface area contributed by atoms with Crippen LogP contribution < -0.4 is 10.2 Å². The first-order chi connectivity index (χ1) is 12.9. The lowest BCUT2D eigenvalue weighted by molar-refractivity contribution is 0.162. The van der Waals surface area contributed by atoms with Gasteiger partial charge in [-0.25, -0.2) is 4.79 Å². The Kier molecular flexibility index (Phi) is 6.88. The van der Waals surface area contributed by atoms with E-state index in [1.54, 1.807) is 0 Å². The van der Waals surface area contributed by atoms with Gasteiger partial charge in [0.25, 0.3) is 0 Å². The van der Waals surface area contributed by atoms with Crippen LogP contribution >= 0.6 is 11.6 Å². The minimum atomic E-state index is 0.0970. The first-order valence-electron chi connectivity index (χ1n) is 10.2. The number of nitrogens with one attached hydrogen (secondary N) is 1. The molecule has 2 aliphatic rings. The molecule has 0 unspecified atom stereocenters. The number of aryl methyl sites for hydroxylation is 1. The molecule has 0 aromatic heterocycles. The zero-order chi connectivity index (χ0) is 19.4. The van der Waals surface area contributed by atoms with Crippen LogP contribution in [-0.4, -0.2) is 67.7 Å². The molecule has 0 radical (unpaired) electrons. The van der Waals surface area contributed by atoms with Gasteiger partial charge in [-0.1, -0.05) is 31.5 Å². The maximum Gasteiger partial charge on any atom is 0.317 e. The summed E-state index contributed by atoms with van der Waals surface area (Å²) < 4.78 is 0. The van der Waals surface area contributed by atoms with Gasteiger partial charge in [0.15, 0.2) is 0 Å². The van der Waals surface area contributed by atoms with Crippen molar-refractivity contribution in [3.63, 3.8) is 0 Å². The summed E-state index contributed by atoms with van der Waals surface area (Å²) in [5.74, 6) is 0.704. The Bertz CT molecular complexity index is 635. The average Bonchev–Trinajstić information content (AvgIpc) is 2.65. The summed E-state index contributed by atoms with van der Waals surface area (Å²) >= 11 is 6.16. The second-order valence-corrected chi connectivity index (χ2v) is 8.76. The van der Waals surface area contributed by atoms with Crippen LogP contribution in [0.1, 0.15) is 32.3 Å². The molecule has 3 rings (SSSR count). The normalized spacial score (nSPS) is 19.6. The number of likely N-dealkylation sites (tertiary alicyclic amines) is 1. The number of anilines is 1. The van der Waals surface area contributed by atoms with E-state index in [1.165, 1.54) is 11.3 Å². The van der Waals surface area contributed by atoms with E-state index in [4.69, 9.17) is 11.6 Å².